The van der Waals surface area contributed by atoms with Gasteiger partial charge in [-0.3, -0.25) is 4.57 Å². The second-order valence-corrected chi connectivity index (χ2v) is 5.21. The van der Waals surface area contributed by atoms with E-state index in [2.05, 4.69) is 0 Å². The van der Waals surface area contributed by atoms with Crippen LogP contribution in [-0.4, -0.2) is 19.8 Å². The molecule has 0 aromatic heterocycles. The molecule has 0 radical (unpaired) electrons. The largest absolute Gasteiger partial charge is 0.613 e. The zero-order valence-electron chi connectivity index (χ0n) is 11.0. The minimum absolute atomic E-state index is 0.0204. The molecule has 0 spiro atoms. The molecule has 0 aromatic rings. The lowest BCUT2D eigenvalue weighted by molar-refractivity contribution is -0.357. The number of ether oxygens (including phenoxy) is 1. The highest BCUT2D eigenvalue weighted by Crippen LogP contribution is 2.58. The Kier molecular flexibility index (Phi) is 8.47. The first-order chi connectivity index (χ1) is 8.55. The first-order valence-electron chi connectivity index (χ1n) is 5.85. The molecule has 0 saturated heterocycles. The van der Waals surface area contributed by atoms with E-state index >= 15 is 0 Å². The van der Waals surface area contributed by atoms with Crippen LogP contribution in [0.4, 0.5) is 0 Å². The van der Waals surface area contributed by atoms with Crippen LogP contribution in [0.1, 0.15) is 33.6 Å². The van der Waals surface area contributed by atoms with Gasteiger partial charge >= 0.3 is 7.60 Å². The molecule has 0 N–H and O–H groups in total. The van der Waals surface area contributed by atoms with E-state index in [1.54, 1.807) is 20.8 Å². The Bertz CT molecular complexity index is 351. The molecule has 7 heteroatoms. The van der Waals surface area contributed by atoms with E-state index in [9.17, 15) is 9.67 Å². The van der Waals surface area contributed by atoms with Crippen LogP contribution in [0.15, 0.2) is 11.3 Å². The molecule has 0 atom stereocenters. The lowest BCUT2D eigenvalue weighted by atomic mass is 10.3. The summed E-state index contributed by atoms with van der Waals surface area (Å²) in [6.45, 7) is 5.40. The molecule has 0 aromatic carbocycles. The lowest BCUT2D eigenvalue weighted by Gasteiger charge is -2.24. The van der Waals surface area contributed by atoms with E-state index in [-0.39, 0.29) is 38.0 Å². The van der Waals surface area contributed by atoms with Crippen molar-refractivity contribution in [1.29, 1.82) is 5.26 Å². The third-order valence-electron chi connectivity index (χ3n) is 1.91. The summed E-state index contributed by atoms with van der Waals surface area (Å²) in [7, 11) is -3.65. The van der Waals surface area contributed by atoms with Gasteiger partial charge in [0.05, 0.1) is 30.5 Å². The van der Waals surface area contributed by atoms with Gasteiger partial charge in [-0.1, -0.05) is 6.92 Å². The number of rotatable bonds is 9. The predicted molar refractivity (Wildman–Crippen MR) is 64.4 cm³/mol. The van der Waals surface area contributed by atoms with Gasteiger partial charge in [0, 0.05) is 6.42 Å². The number of hydrogen-bond acceptors (Lipinski definition) is 6. The molecule has 0 aliphatic carbocycles. The Balaban J connectivity index is 5.30. The molecule has 0 saturated carbocycles. The van der Waals surface area contributed by atoms with E-state index in [4.69, 9.17) is 19.0 Å². The summed E-state index contributed by atoms with van der Waals surface area (Å²) >= 11 is 0. The first-order valence-corrected chi connectivity index (χ1v) is 7.39. The topological polar surface area (TPSA) is 91.6 Å². The van der Waals surface area contributed by atoms with Gasteiger partial charge in [0.1, 0.15) is 0 Å². The van der Waals surface area contributed by atoms with Gasteiger partial charge in [0.2, 0.25) is 0 Å². The summed E-state index contributed by atoms with van der Waals surface area (Å²) in [5.74, 6) is -0.724. The molecule has 104 valence electrons. The standard InChI is InChI=1S/C11H20NO5P/c1-4-15-11(13)10(8-7-9-12)18(14,16-5-2)17-6-3/h13H,4-8H2,1-3H3/p-1/b11-10-. The Morgan fingerprint density at radius 1 is 1.22 bits per heavy atom. The zero-order chi connectivity index (χ0) is 14.0. The zero-order valence-corrected chi connectivity index (χ0v) is 11.9. The highest BCUT2D eigenvalue weighted by Gasteiger charge is 2.30. The molecule has 0 aliphatic heterocycles. The molecule has 0 fully saturated rings. The van der Waals surface area contributed by atoms with E-state index in [0.29, 0.717) is 0 Å². The Morgan fingerprint density at radius 3 is 2.17 bits per heavy atom. The van der Waals surface area contributed by atoms with Crippen LogP contribution in [0, 0.1) is 11.3 Å². The van der Waals surface area contributed by atoms with Crippen molar-refractivity contribution in [2.75, 3.05) is 19.8 Å². The summed E-state index contributed by atoms with van der Waals surface area (Å²) in [6, 6.07) is 1.89. The number of hydrogen-bond donors (Lipinski definition) is 0. The highest BCUT2D eigenvalue weighted by molar-refractivity contribution is 7.58. The molecular weight excluding hydrogens is 257 g/mol. The Labute approximate surface area is 108 Å². The second kappa shape index (κ2) is 8.98. The van der Waals surface area contributed by atoms with Crippen molar-refractivity contribution < 1.29 is 23.5 Å². The molecule has 0 aliphatic rings. The van der Waals surface area contributed by atoms with Gasteiger partial charge < -0.3 is 18.9 Å². The van der Waals surface area contributed by atoms with Gasteiger partial charge in [-0.25, -0.2) is 0 Å². The third-order valence-corrected chi connectivity index (χ3v) is 4.18. The summed E-state index contributed by atoms with van der Waals surface area (Å²) in [5.41, 5.74) is 0. The minimum Gasteiger partial charge on any atom is -0.613 e. The lowest BCUT2D eigenvalue weighted by Crippen LogP contribution is -2.14. The van der Waals surface area contributed by atoms with Gasteiger partial charge in [0.25, 0.3) is 0 Å². The van der Waals surface area contributed by atoms with E-state index < -0.39 is 13.5 Å². The van der Waals surface area contributed by atoms with Gasteiger partial charge in [-0.15, -0.1) is 0 Å². The first kappa shape index (κ1) is 17.0. The summed E-state index contributed by atoms with van der Waals surface area (Å²) in [6.07, 6.45) is 0.0743. The molecule has 0 unspecified atom stereocenters. The van der Waals surface area contributed by atoms with Crippen LogP contribution in [0.2, 0.25) is 0 Å². The van der Waals surface area contributed by atoms with Gasteiger partial charge in [-0.05, 0) is 26.9 Å². The normalized spacial score (nSPS) is 12.8. The second-order valence-electron chi connectivity index (χ2n) is 3.16. The summed E-state index contributed by atoms with van der Waals surface area (Å²) < 4.78 is 27.4. The maximum atomic E-state index is 12.4. The third kappa shape index (κ3) is 5.09. The van der Waals surface area contributed by atoms with Crippen LogP contribution >= 0.6 is 7.60 Å². The van der Waals surface area contributed by atoms with Crippen molar-refractivity contribution in [2.24, 2.45) is 0 Å². The summed E-state index contributed by atoms with van der Waals surface area (Å²) in [5, 5.41) is 20.2. The average molecular weight is 276 g/mol. The van der Waals surface area contributed by atoms with Crippen molar-refractivity contribution in [3.8, 4) is 6.07 Å². The molecule has 18 heavy (non-hydrogen) atoms. The van der Waals surface area contributed by atoms with E-state index in [1.807, 2.05) is 6.07 Å². The minimum atomic E-state index is -3.65. The molecule has 0 bridgehead atoms. The molecular formula is C11H19NO5P-. The Morgan fingerprint density at radius 2 is 1.78 bits per heavy atom. The van der Waals surface area contributed by atoms with Crippen molar-refractivity contribution in [3.63, 3.8) is 0 Å². The van der Waals surface area contributed by atoms with Crippen LogP contribution in [0.3, 0.4) is 0 Å². The molecule has 6 nitrogen and oxygen atoms in total. The van der Waals surface area contributed by atoms with E-state index in [1.165, 1.54) is 0 Å². The number of allylic oxidation sites excluding steroid dienone is 1. The van der Waals surface area contributed by atoms with Crippen LogP contribution < -0.4 is 5.11 Å². The average Bonchev–Trinajstić information content (AvgIpc) is 2.30. The van der Waals surface area contributed by atoms with Crippen LogP contribution in [0.25, 0.3) is 0 Å². The van der Waals surface area contributed by atoms with Crippen LogP contribution in [0.5, 0.6) is 0 Å². The fourth-order valence-electron chi connectivity index (χ4n) is 1.27. The van der Waals surface area contributed by atoms with Crippen molar-refractivity contribution in [3.05, 3.63) is 11.3 Å². The monoisotopic (exact) mass is 276 g/mol. The van der Waals surface area contributed by atoms with E-state index in [0.717, 1.165) is 0 Å². The Hall–Kier alpha value is -1.02. The highest BCUT2D eigenvalue weighted by atomic mass is 31.2. The number of nitriles is 1. The predicted octanol–water partition coefficient (Wildman–Crippen LogP) is 2.12. The van der Waals surface area contributed by atoms with Gasteiger partial charge in [0.15, 0.2) is 0 Å². The van der Waals surface area contributed by atoms with Crippen LogP contribution in [-0.2, 0) is 18.3 Å². The van der Waals surface area contributed by atoms with Crippen molar-refractivity contribution in [2.45, 2.75) is 33.6 Å². The smallest absolute Gasteiger partial charge is 0.359 e. The summed E-state index contributed by atoms with van der Waals surface area (Å²) in [4.78, 5) is 0. The fraction of sp³-hybridized carbons (Fsp3) is 0.727. The van der Waals surface area contributed by atoms with Crippen molar-refractivity contribution >= 4 is 7.60 Å². The maximum absolute atomic E-state index is 12.4. The van der Waals surface area contributed by atoms with Crippen molar-refractivity contribution in [1.82, 2.24) is 0 Å². The SMILES string of the molecule is CCO/C([O-])=C(/CCC#N)P(=O)(OCC)OCC. The van der Waals surface area contributed by atoms with Gasteiger partial charge in [-0.2, -0.15) is 5.26 Å². The maximum Gasteiger partial charge on any atom is 0.359 e. The molecule has 0 amide bonds. The number of nitrogens with zero attached hydrogens (tertiary/aromatic N) is 1. The molecule has 0 rings (SSSR count). The quantitative estimate of drug-likeness (QED) is 0.473. The fourth-order valence-corrected chi connectivity index (χ4v) is 3.01. The molecule has 0 heterocycles.